The molecule has 2 amide bonds. The molecule has 8 heteroatoms. The van der Waals surface area contributed by atoms with Gasteiger partial charge in [0, 0.05) is 26.2 Å². The Kier molecular flexibility index (Phi) is 12.3. The number of carbonyl (C=O) groups is 2. The van der Waals surface area contributed by atoms with Crippen LogP contribution in [0.3, 0.4) is 0 Å². The number of nitrogens with one attached hydrogen (secondary N) is 2. The second-order valence-electron chi connectivity index (χ2n) is 5.46. The molecule has 1 unspecified atom stereocenters. The first kappa shape index (κ1) is 21.2. The standard InChI is InChI=1S/C14H30N3O4P/c1-11(2)20-9-13(18)15-5-7-17(22)8-6-16-14(19)10-21-12(3)4/h11-12H,5-10,22H2,1-4H3,(H,15,18)(H,16,19). The molecule has 0 aliphatic rings. The van der Waals surface area contributed by atoms with E-state index in [1.165, 1.54) is 0 Å². The minimum Gasteiger partial charge on any atom is -0.369 e. The summed E-state index contributed by atoms with van der Waals surface area (Å²) in [5.41, 5.74) is 0. The van der Waals surface area contributed by atoms with Gasteiger partial charge in [0.05, 0.1) is 12.2 Å². The molecule has 7 nitrogen and oxygen atoms in total. The van der Waals surface area contributed by atoms with Crippen molar-refractivity contribution in [1.82, 2.24) is 15.3 Å². The Morgan fingerprint density at radius 2 is 1.27 bits per heavy atom. The Hall–Kier alpha value is -0.750. The van der Waals surface area contributed by atoms with Gasteiger partial charge in [-0.05, 0) is 27.7 Å². The molecule has 2 N–H and O–H groups in total. The van der Waals surface area contributed by atoms with Crippen LogP contribution in [0.1, 0.15) is 27.7 Å². The average Bonchev–Trinajstić information content (AvgIpc) is 2.43. The van der Waals surface area contributed by atoms with Crippen molar-refractivity contribution >= 4 is 21.2 Å². The van der Waals surface area contributed by atoms with E-state index in [9.17, 15) is 9.59 Å². The van der Waals surface area contributed by atoms with Crippen LogP contribution in [-0.4, -0.2) is 68.1 Å². The minimum atomic E-state index is -0.119. The van der Waals surface area contributed by atoms with Crippen molar-refractivity contribution < 1.29 is 19.1 Å². The third kappa shape index (κ3) is 14.2. The summed E-state index contributed by atoms with van der Waals surface area (Å²) in [6.45, 7) is 10.1. The molecule has 0 spiro atoms. The second-order valence-corrected chi connectivity index (χ2v) is 6.19. The summed E-state index contributed by atoms with van der Waals surface area (Å²) in [6, 6.07) is 0. The Labute approximate surface area is 135 Å². The monoisotopic (exact) mass is 335 g/mol. The van der Waals surface area contributed by atoms with Gasteiger partial charge in [0.25, 0.3) is 0 Å². The predicted molar refractivity (Wildman–Crippen MR) is 89.5 cm³/mol. The summed E-state index contributed by atoms with van der Waals surface area (Å²) in [5.74, 6) is -0.238. The molecule has 22 heavy (non-hydrogen) atoms. The topological polar surface area (TPSA) is 79.9 Å². The van der Waals surface area contributed by atoms with Crippen molar-refractivity contribution in [2.75, 3.05) is 39.4 Å². The highest BCUT2D eigenvalue weighted by Crippen LogP contribution is 1.95. The molecule has 0 aromatic carbocycles. The average molecular weight is 335 g/mol. The third-order valence-electron chi connectivity index (χ3n) is 2.54. The molecule has 0 saturated carbocycles. The summed E-state index contributed by atoms with van der Waals surface area (Å²) in [4.78, 5) is 22.9. The van der Waals surface area contributed by atoms with E-state index in [1.807, 2.05) is 32.4 Å². The molecule has 0 fully saturated rings. The summed E-state index contributed by atoms with van der Waals surface area (Å²) < 4.78 is 12.4. The second kappa shape index (κ2) is 12.8. The molecule has 0 radical (unpaired) electrons. The third-order valence-corrected chi connectivity index (χ3v) is 3.05. The van der Waals surface area contributed by atoms with Gasteiger partial charge in [0.1, 0.15) is 13.2 Å². The van der Waals surface area contributed by atoms with Crippen LogP contribution in [0.25, 0.3) is 0 Å². The van der Waals surface area contributed by atoms with E-state index in [-0.39, 0.29) is 37.2 Å². The number of rotatable bonds is 12. The van der Waals surface area contributed by atoms with Crippen molar-refractivity contribution in [3.8, 4) is 0 Å². The maximum atomic E-state index is 11.4. The van der Waals surface area contributed by atoms with Gasteiger partial charge in [-0.15, -0.1) is 0 Å². The molecular weight excluding hydrogens is 305 g/mol. The lowest BCUT2D eigenvalue weighted by Gasteiger charge is -2.17. The highest BCUT2D eigenvalue weighted by atomic mass is 31.0. The quantitative estimate of drug-likeness (QED) is 0.497. The lowest BCUT2D eigenvalue weighted by molar-refractivity contribution is -0.127. The van der Waals surface area contributed by atoms with Crippen LogP contribution in [0.4, 0.5) is 0 Å². The zero-order valence-corrected chi connectivity index (χ0v) is 15.2. The maximum absolute atomic E-state index is 11.4. The Bertz CT molecular complexity index is 297. The van der Waals surface area contributed by atoms with Gasteiger partial charge in [-0.2, -0.15) is 0 Å². The molecule has 0 heterocycles. The van der Waals surface area contributed by atoms with Gasteiger partial charge in [-0.1, -0.05) is 9.39 Å². The smallest absolute Gasteiger partial charge is 0.246 e. The SMILES string of the molecule is CC(C)OCC(=O)NCCN(P)CCNC(=O)COC(C)C. The fourth-order valence-corrected chi connectivity index (χ4v) is 1.63. The fourth-order valence-electron chi connectivity index (χ4n) is 1.38. The van der Waals surface area contributed by atoms with E-state index in [0.717, 1.165) is 0 Å². The normalized spacial score (nSPS) is 11.3. The van der Waals surface area contributed by atoms with Crippen LogP contribution in [0.2, 0.25) is 0 Å². The molecule has 0 rings (SSSR count). The number of carbonyl (C=O) groups excluding carboxylic acids is 2. The lowest BCUT2D eigenvalue weighted by atomic mass is 10.4. The highest BCUT2D eigenvalue weighted by molar-refractivity contribution is 7.13. The number of hydrogen-bond donors (Lipinski definition) is 2. The molecule has 0 saturated heterocycles. The maximum Gasteiger partial charge on any atom is 0.246 e. The fraction of sp³-hybridized carbons (Fsp3) is 0.857. The lowest BCUT2D eigenvalue weighted by Crippen LogP contribution is -2.37. The zero-order valence-electron chi connectivity index (χ0n) is 14.1. The first-order chi connectivity index (χ1) is 10.3. The van der Waals surface area contributed by atoms with Gasteiger partial charge in [0.15, 0.2) is 0 Å². The summed E-state index contributed by atoms with van der Waals surface area (Å²) in [6.07, 6.45) is 0.0968. The largest absolute Gasteiger partial charge is 0.369 e. The highest BCUT2D eigenvalue weighted by Gasteiger charge is 2.05. The van der Waals surface area contributed by atoms with Crippen LogP contribution in [0.15, 0.2) is 0 Å². The van der Waals surface area contributed by atoms with Crippen LogP contribution >= 0.6 is 9.39 Å². The van der Waals surface area contributed by atoms with Crippen molar-refractivity contribution in [2.24, 2.45) is 0 Å². The molecule has 0 aromatic heterocycles. The van der Waals surface area contributed by atoms with Crippen LogP contribution in [0, 0.1) is 0 Å². The van der Waals surface area contributed by atoms with Crippen LogP contribution < -0.4 is 10.6 Å². The van der Waals surface area contributed by atoms with Crippen LogP contribution in [-0.2, 0) is 19.1 Å². The van der Waals surface area contributed by atoms with E-state index in [4.69, 9.17) is 9.47 Å². The summed E-state index contributed by atoms with van der Waals surface area (Å²) >= 11 is 0. The zero-order chi connectivity index (χ0) is 17.0. The van der Waals surface area contributed by atoms with Crippen molar-refractivity contribution in [3.05, 3.63) is 0 Å². The summed E-state index contributed by atoms with van der Waals surface area (Å²) in [7, 11) is 2.57. The number of ether oxygens (including phenoxy) is 2. The van der Waals surface area contributed by atoms with E-state index < -0.39 is 0 Å². The number of nitrogens with zero attached hydrogens (tertiary/aromatic N) is 1. The van der Waals surface area contributed by atoms with Crippen molar-refractivity contribution in [2.45, 2.75) is 39.9 Å². The Balaban J connectivity index is 3.55. The molecule has 1 atom stereocenters. The van der Waals surface area contributed by atoms with Crippen molar-refractivity contribution in [1.29, 1.82) is 0 Å². The predicted octanol–water partition coefficient (Wildman–Crippen LogP) is 0.161. The molecule has 0 aromatic rings. The molecule has 0 bridgehead atoms. The van der Waals surface area contributed by atoms with Crippen LogP contribution in [0.5, 0.6) is 0 Å². The Morgan fingerprint density at radius 1 is 0.909 bits per heavy atom. The molecule has 0 aliphatic carbocycles. The molecule has 130 valence electrons. The van der Waals surface area contributed by atoms with Gasteiger partial charge in [0.2, 0.25) is 11.8 Å². The van der Waals surface area contributed by atoms with E-state index in [2.05, 4.69) is 20.0 Å². The van der Waals surface area contributed by atoms with E-state index >= 15 is 0 Å². The van der Waals surface area contributed by atoms with E-state index in [1.54, 1.807) is 0 Å². The van der Waals surface area contributed by atoms with E-state index in [0.29, 0.717) is 26.2 Å². The minimum absolute atomic E-state index is 0.0484. The van der Waals surface area contributed by atoms with Gasteiger partial charge < -0.3 is 20.1 Å². The number of amides is 2. The molecular formula is C14H30N3O4P. The first-order valence-corrected chi connectivity index (χ1v) is 8.09. The van der Waals surface area contributed by atoms with Gasteiger partial charge >= 0.3 is 0 Å². The molecule has 0 aliphatic heterocycles. The van der Waals surface area contributed by atoms with Gasteiger partial charge in [-0.25, -0.2) is 0 Å². The summed E-state index contributed by atoms with van der Waals surface area (Å²) in [5, 5.41) is 5.55. The number of hydrogen-bond acceptors (Lipinski definition) is 5. The first-order valence-electron chi connectivity index (χ1n) is 7.57. The van der Waals surface area contributed by atoms with Crippen molar-refractivity contribution in [3.63, 3.8) is 0 Å². The van der Waals surface area contributed by atoms with Gasteiger partial charge in [-0.3, -0.25) is 14.3 Å². The Morgan fingerprint density at radius 3 is 1.59 bits per heavy atom.